The van der Waals surface area contributed by atoms with Gasteiger partial charge in [-0.25, -0.2) is 4.98 Å². The molecule has 0 bridgehead atoms. The largest absolute Gasteiger partial charge is 0.323 e. The third-order valence-corrected chi connectivity index (χ3v) is 3.92. The molecule has 0 saturated heterocycles. The highest BCUT2D eigenvalue weighted by atomic mass is 32.1. The molecule has 16 heavy (non-hydrogen) atoms. The van der Waals surface area contributed by atoms with Crippen molar-refractivity contribution in [1.82, 2.24) is 4.98 Å². The number of aryl methyl sites for hydroxylation is 1. The van der Waals surface area contributed by atoms with Crippen LogP contribution in [0.25, 0.3) is 0 Å². The van der Waals surface area contributed by atoms with Gasteiger partial charge in [-0.15, -0.1) is 11.3 Å². The number of hydrogen-bond donors (Lipinski definition) is 1. The van der Waals surface area contributed by atoms with Crippen LogP contribution in [0.4, 0.5) is 0 Å². The van der Waals surface area contributed by atoms with Gasteiger partial charge >= 0.3 is 0 Å². The van der Waals surface area contributed by atoms with Gasteiger partial charge in [0.2, 0.25) is 0 Å². The Balaban J connectivity index is 2.09. The van der Waals surface area contributed by atoms with E-state index in [0.717, 1.165) is 11.4 Å². The van der Waals surface area contributed by atoms with Crippen molar-refractivity contribution < 1.29 is 0 Å². The number of nitrogens with two attached hydrogens (primary N) is 1. The molecule has 1 heterocycles. The summed E-state index contributed by atoms with van der Waals surface area (Å²) in [6, 6.07) is 0.206. The Morgan fingerprint density at radius 2 is 1.94 bits per heavy atom. The topological polar surface area (TPSA) is 38.9 Å². The Kier molecular flexibility index (Phi) is 6.65. The molecular weight excluding hydrogens is 216 g/mol. The summed E-state index contributed by atoms with van der Waals surface area (Å²) in [4.78, 5) is 5.49. The molecule has 1 rings (SSSR count). The maximum absolute atomic E-state index is 6.12. The minimum Gasteiger partial charge on any atom is -0.323 e. The highest BCUT2D eigenvalue weighted by Gasteiger charge is 2.08. The molecular formula is C13H24N2S. The van der Waals surface area contributed by atoms with Crippen LogP contribution in [-0.4, -0.2) is 4.98 Å². The van der Waals surface area contributed by atoms with Crippen molar-refractivity contribution in [2.75, 3.05) is 0 Å². The standard InChI is InChI=1S/C13H24N2S/c1-3-4-5-6-7-8-9-12(14)13-10-15-11(2)16-13/h10,12H,3-9,14H2,1-2H3. The highest BCUT2D eigenvalue weighted by molar-refractivity contribution is 7.11. The van der Waals surface area contributed by atoms with Gasteiger partial charge in [-0.3, -0.25) is 0 Å². The summed E-state index contributed by atoms with van der Waals surface area (Å²) >= 11 is 1.73. The van der Waals surface area contributed by atoms with E-state index in [2.05, 4.69) is 11.9 Å². The van der Waals surface area contributed by atoms with Gasteiger partial charge in [0.05, 0.1) is 5.01 Å². The molecule has 0 fully saturated rings. The van der Waals surface area contributed by atoms with Crippen molar-refractivity contribution in [3.05, 3.63) is 16.1 Å². The summed E-state index contributed by atoms with van der Waals surface area (Å²) in [5, 5.41) is 1.12. The first-order valence-electron chi connectivity index (χ1n) is 6.42. The van der Waals surface area contributed by atoms with Gasteiger partial charge in [0, 0.05) is 17.1 Å². The van der Waals surface area contributed by atoms with E-state index in [1.807, 2.05) is 13.1 Å². The molecule has 92 valence electrons. The summed E-state index contributed by atoms with van der Waals surface area (Å²) in [6.07, 6.45) is 11.1. The molecule has 0 saturated carbocycles. The van der Waals surface area contributed by atoms with E-state index >= 15 is 0 Å². The summed E-state index contributed by atoms with van der Waals surface area (Å²) in [5.41, 5.74) is 6.12. The maximum atomic E-state index is 6.12. The molecule has 2 nitrogen and oxygen atoms in total. The lowest BCUT2D eigenvalue weighted by molar-refractivity contribution is 0.550. The van der Waals surface area contributed by atoms with Gasteiger partial charge in [0.25, 0.3) is 0 Å². The summed E-state index contributed by atoms with van der Waals surface area (Å²) in [5.74, 6) is 0. The molecule has 1 aromatic heterocycles. The van der Waals surface area contributed by atoms with Crippen LogP contribution in [0.15, 0.2) is 6.20 Å². The zero-order chi connectivity index (χ0) is 11.8. The number of nitrogens with zero attached hydrogens (tertiary/aromatic N) is 1. The molecule has 0 amide bonds. The number of unbranched alkanes of at least 4 members (excludes halogenated alkanes) is 5. The zero-order valence-electron chi connectivity index (χ0n) is 10.5. The molecule has 1 aromatic rings. The molecule has 0 aromatic carbocycles. The second kappa shape index (κ2) is 7.80. The van der Waals surface area contributed by atoms with E-state index in [4.69, 9.17) is 5.73 Å². The molecule has 1 unspecified atom stereocenters. The lowest BCUT2D eigenvalue weighted by atomic mass is 10.1. The molecule has 0 aliphatic heterocycles. The Hall–Kier alpha value is -0.410. The van der Waals surface area contributed by atoms with Crippen molar-refractivity contribution in [2.24, 2.45) is 5.73 Å². The van der Waals surface area contributed by atoms with E-state index in [1.54, 1.807) is 11.3 Å². The SMILES string of the molecule is CCCCCCCCC(N)c1cnc(C)s1. The van der Waals surface area contributed by atoms with Gasteiger partial charge in [0.1, 0.15) is 0 Å². The fourth-order valence-corrected chi connectivity index (χ4v) is 2.66. The molecule has 0 aliphatic rings. The van der Waals surface area contributed by atoms with Gasteiger partial charge < -0.3 is 5.73 Å². The van der Waals surface area contributed by atoms with E-state index < -0.39 is 0 Å². The van der Waals surface area contributed by atoms with Crippen molar-refractivity contribution in [3.63, 3.8) is 0 Å². The van der Waals surface area contributed by atoms with Crippen molar-refractivity contribution >= 4 is 11.3 Å². The predicted molar refractivity (Wildman–Crippen MR) is 71.8 cm³/mol. The zero-order valence-corrected chi connectivity index (χ0v) is 11.4. The smallest absolute Gasteiger partial charge is 0.0897 e. The van der Waals surface area contributed by atoms with Crippen LogP contribution in [0, 0.1) is 6.92 Å². The Labute approximate surface area is 103 Å². The van der Waals surface area contributed by atoms with Crippen LogP contribution >= 0.6 is 11.3 Å². The van der Waals surface area contributed by atoms with E-state index in [-0.39, 0.29) is 6.04 Å². The minimum atomic E-state index is 0.206. The lowest BCUT2D eigenvalue weighted by Crippen LogP contribution is -2.08. The molecule has 3 heteroatoms. The highest BCUT2D eigenvalue weighted by Crippen LogP contribution is 2.23. The fourth-order valence-electron chi connectivity index (χ4n) is 1.84. The number of hydrogen-bond acceptors (Lipinski definition) is 3. The number of thiazole rings is 1. The first kappa shape index (κ1) is 13.7. The van der Waals surface area contributed by atoms with Crippen LogP contribution < -0.4 is 5.73 Å². The summed E-state index contributed by atoms with van der Waals surface area (Å²) in [6.45, 7) is 4.29. The van der Waals surface area contributed by atoms with Crippen molar-refractivity contribution in [2.45, 2.75) is 64.8 Å². The monoisotopic (exact) mass is 240 g/mol. The summed E-state index contributed by atoms with van der Waals surface area (Å²) in [7, 11) is 0. The second-order valence-corrected chi connectivity index (χ2v) is 5.71. The van der Waals surface area contributed by atoms with E-state index in [1.165, 1.54) is 43.4 Å². The number of rotatable bonds is 8. The average molecular weight is 240 g/mol. The minimum absolute atomic E-state index is 0.206. The predicted octanol–water partition coefficient (Wildman–Crippen LogP) is 4.20. The quantitative estimate of drug-likeness (QED) is 0.692. The Bertz CT molecular complexity index is 283. The van der Waals surface area contributed by atoms with Gasteiger partial charge in [0.15, 0.2) is 0 Å². The Morgan fingerprint density at radius 3 is 2.56 bits per heavy atom. The van der Waals surface area contributed by atoms with Gasteiger partial charge in [-0.2, -0.15) is 0 Å². The molecule has 2 N–H and O–H groups in total. The first-order chi connectivity index (χ1) is 7.74. The first-order valence-corrected chi connectivity index (χ1v) is 7.23. The molecule has 1 atom stereocenters. The molecule has 0 spiro atoms. The van der Waals surface area contributed by atoms with Crippen LogP contribution in [0.5, 0.6) is 0 Å². The third-order valence-electron chi connectivity index (χ3n) is 2.87. The van der Waals surface area contributed by atoms with Crippen LogP contribution in [-0.2, 0) is 0 Å². The van der Waals surface area contributed by atoms with Crippen molar-refractivity contribution in [1.29, 1.82) is 0 Å². The Morgan fingerprint density at radius 1 is 1.25 bits per heavy atom. The molecule has 0 aliphatic carbocycles. The normalized spacial score (nSPS) is 12.9. The van der Waals surface area contributed by atoms with Crippen molar-refractivity contribution in [3.8, 4) is 0 Å². The van der Waals surface area contributed by atoms with Gasteiger partial charge in [-0.05, 0) is 13.3 Å². The average Bonchev–Trinajstić information content (AvgIpc) is 2.70. The summed E-state index contributed by atoms with van der Waals surface area (Å²) < 4.78 is 0. The maximum Gasteiger partial charge on any atom is 0.0897 e. The van der Waals surface area contributed by atoms with Crippen LogP contribution in [0.2, 0.25) is 0 Å². The van der Waals surface area contributed by atoms with Gasteiger partial charge in [-0.1, -0.05) is 45.4 Å². The number of aromatic nitrogens is 1. The van der Waals surface area contributed by atoms with Crippen LogP contribution in [0.1, 0.15) is 67.8 Å². The van der Waals surface area contributed by atoms with E-state index in [0.29, 0.717) is 0 Å². The van der Waals surface area contributed by atoms with Crippen LogP contribution in [0.3, 0.4) is 0 Å². The van der Waals surface area contributed by atoms with E-state index in [9.17, 15) is 0 Å². The second-order valence-electron chi connectivity index (χ2n) is 4.44. The third kappa shape index (κ3) is 5.08. The fraction of sp³-hybridized carbons (Fsp3) is 0.769. The molecule has 0 radical (unpaired) electrons. The lowest BCUT2D eigenvalue weighted by Gasteiger charge is -2.08.